The third kappa shape index (κ3) is 1.44. The number of carboxylic acid groups (broad SMARTS) is 1. The average molecular weight is 174 g/mol. The molecule has 1 aliphatic carbocycles. The van der Waals surface area contributed by atoms with Crippen LogP contribution in [0.2, 0.25) is 0 Å². The first-order valence-corrected chi connectivity index (χ1v) is 3.93. The van der Waals surface area contributed by atoms with E-state index in [0.717, 1.165) is 0 Å². The van der Waals surface area contributed by atoms with Crippen molar-refractivity contribution in [3.8, 4) is 0 Å². The molecule has 1 rings (SSSR count). The topological polar surface area (TPSA) is 66.8 Å². The molecule has 12 heavy (non-hydrogen) atoms. The SMILES string of the molecule is COC1CC(C)(C(O)C(=O)O)C1. The Morgan fingerprint density at radius 1 is 1.67 bits per heavy atom. The van der Waals surface area contributed by atoms with Gasteiger partial charge in [-0.1, -0.05) is 6.92 Å². The van der Waals surface area contributed by atoms with Gasteiger partial charge in [0.2, 0.25) is 0 Å². The van der Waals surface area contributed by atoms with Gasteiger partial charge in [-0.2, -0.15) is 0 Å². The quantitative estimate of drug-likeness (QED) is 0.643. The molecule has 0 radical (unpaired) electrons. The van der Waals surface area contributed by atoms with Gasteiger partial charge in [0, 0.05) is 12.5 Å². The Kier molecular flexibility index (Phi) is 2.39. The molecule has 0 aliphatic heterocycles. The molecule has 4 nitrogen and oxygen atoms in total. The maximum absolute atomic E-state index is 10.4. The Morgan fingerprint density at radius 2 is 2.17 bits per heavy atom. The van der Waals surface area contributed by atoms with Crippen LogP contribution in [0.25, 0.3) is 0 Å². The highest BCUT2D eigenvalue weighted by Crippen LogP contribution is 2.44. The molecule has 1 aliphatic rings. The fourth-order valence-corrected chi connectivity index (χ4v) is 1.67. The summed E-state index contributed by atoms with van der Waals surface area (Å²) < 4.78 is 5.01. The number of aliphatic hydroxyl groups excluding tert-OH is 1. The molecule has 0 aromatic rings. The summed E-state index contributed by atoms with van der Waals surface area (Å²) in [5.41, 5.74) is -0.494. The van der Waals surface area contributed by atoms with Gasteiger partial charge in [0.1, 0.15) is 0 Å². The van der Waals surface area contributed by atoms with Crippen molar-refractivity contribution >= 4 is 5.97 Å². The van der Waals surface area contributed by atoms with Gasteiger partial charge in [-0.15, -0.1) is 0 Å². The fourth-order valence-electron chi connectivity index (χ4n) is 1.67. The van der Waals surface area contributed by atoms with E-state index in [4.69, 9.17) is 9.84 Å². The van der Waals surface area contributed by atoms with E-state index in [1.165, 1.54) is 0 Å². The van der Waals surface area contributed by atoms with E-state index in [1.807, 2.05) is 0 Å². The second kappa shape index (κ2) is 3.03. The summed E-state index contributed by atoms with van der Waals surface area (Å²) in [6.07, 6.45) is 0.0985. The lowest BCUT2D eigenvalue weighted by Gasteiger charge is -2.45. The maximum Gasteiger partial charge on any atom is 0.333 e. The van der Waals surface area contributed by atoms with E-state index in [0.29, 0.717) is 12.8 Å². The molecule has 0 aromatic heterocycles. The Hall–Kier alpha value is -0.610. The number of aliphatic hydroxyl groups is 1. The lowest BCUT2D eigenvalue weighted by molar-refractivity contribution is -0.168. The van der Waals surface area contributed by atoms with Gasteiger partial charge in [0.05, 0.1) is 6.10 Å². The number of hydrogen-bond donors (Lipinski definition) is 2. The summed E-state index contributed by atoms with van der Waals surface area (Å²) in [7, 11) is 1.59. The normalized spacial score (nSPS) is 37.1. The van der Waals surface area contributed by atoms with E-state index in [9.17, 15) is 9.90 Å². The minimum Gasteiger partial charge on any atom is -0.479 e. The summed E-state index contributed by atoms with van der Waals surface area (Å²) in [5, 5.41) is 17.8. The van der Waals surface area contributed by atoms with Crippen molar-refractivity contribution in [1.29, 1.82) is 0 Å². The van der Waals surface area contributed by atoms with E-state index in [-0.39, 0.29) is 6.10 Å². The lowest BCUT2D eigenvalue weighted by atomic mass is 9.64. The smallest absolute Gasteiger partial charge is 0.333 e. The van der Waals surface area contributed by atoms with Crippen molar-refractivity contribution in [3.63, 3.8) is 0 Å². The van der Waals surface area contributed by atoms with Gasteiger partial charge in [-0.05, 0) is 12.8 Å². The third-order valence-electron chi connectivity index (χ3n) is 2.62. The van der Waals surface area contributed by atoms with Crippen molar-refractivity contribution in [3.05, 3.63) is 0 Å². The monoisotopic (exact) mass is 174 g/mol. The number of ether oxygens (including phenoxy) is 1. The zero-order valence-electron chi connectivity index (χ0n) is 7.28. The molecular formula is C8H14O4. The number of methoxy groups -OCH3 is 1. The third-order valence-corrected chi connectivity index (χ3v) is 2.62. The van der Waals surface area contributed by atoms with Gasteiger partial charge in [0.25, 0.3) is 0 Å². The largest absolute Gasteiger partial charge is 0.479 e. The molecule has 0 amide bonds. The summed E-state index contributed by atoms with van der Waals surface area (Å²) >= 11 is 0. The maximum atomic E-state index is 10.4. The van der Waals surface area contributed by atoms with E-state index >= 15 is 0 Å². The first-order chi connectivity index (χ1) is 5.49. The zero-order chi connectivity index (χ0) is 9.35. The minimum absolute atomic E-state index is 0.115. The molecule has 70 valence electrons. The van der Waals surface area contributed by atoms with Crippen molar-refractivity contribution in [1.82, 2.24) is 0 Å². The van der Waals surface area contributed by atoms with Crippen LogP contribution in [0.1, 0.15) is 19.8 Å². The van der Waals surface area contributed by atoms with Crippen LogP contribution in [-0.2, 0) is 9.53 Å². The molecule has 0 saturated heterocycles. The predicted molar refractivity (Wildman–Crippen MR) is 41.8 cm³/mol. The second-order valence-corrected chi connectivity index (χ2v) is 3.66. The fraction of sp³-hybridized carbons (Fsp3) is 0.875. The van der Waals surface area contributed by atoms with Crippen LogP contribution in [-0.4, -0.2) is 35.5 Å². The van der Waals surface area contributed by atoms with Crippen molar-refractivity contribution in [2.24, 2.45) is 5.41 Å². The minimum atomic E-state index is -1.26. The van der Waals surface area contributed by atoms with Crippen LogP contribution in [0.3, 0.4) is 0 Å². The predicted octanol–water partition coefficient (Wildman–Crippen LogP) is 0.247. The van der Waals surface area contributed by atoms with Crippen LogP contribution in [0.5, 0.6) is 0 Å². The molecule has 1 atom stereocenters. The average Bonchev–Trinajstić information content (AvgIpc) is 1.96. The molecule has 1 saturated carbocycles. The van der Waals surface area contributed by atoms with Crippen LogP contribution >= 0.6 is 0 Å². The molecule has 0 bridgehead atoms. The van der Waals surface area contributed by atoms with Crippen molar-refractivity contribution in [2.75, 3.05) is 7.11 Å². The molecule has 1 unspecified atom stereocenters. The van der Waals surface area contributed by atoms with Crippen LogP contribution < -0.4 is 0 Å². The summed E-state index contributed by atoms with van der Waals surface area (Å²) in [5.74, 6) is -1.15. The molecule has 0 spiro atoms. The number of hydrogen-bond acceptors (Lipinski definition) is 3. The Morgan fingerprint density at radius 3 is 2.50 bits per heavy atom. The zero-order valence-corrected chi connectivity index (χ0v) is 7.28. The van der Waals surface area contributed by atoms with Gasteiger partial charge in [-0.25, -0.2) is 4.79 Å². The number of aliphatic carboxylic acids is 1. The van der Waals surface area contributed by atoms with E-state index < -0.39 is 17.5 Å². The Labute approximate surface area is 71.2 Å². The Balaban J connectivity index is 2.48. The van der Waals surface area contributed by atoms with Crippen molar-refractivity contribution < 1.29 is 19.7 Å². The van der Waals surface area contributed by atoms with Crippen LogP contribution in [0.15, 0.2) is 0 Å². The highest BCUT2D eigenvalue weighted by atomic mass is 16.5. The van der Waals surface area contributed by atoms with Crippen LogP contribution in [0, 0.1) is 5.41 Å². The molecule has 1 fully saturated rings. The summed E-state index contributed by atoms with van der Waals surface area (Å²) in [6.45, 7) is 1.77. The molecular weight excluding hydrogens is 160 g/mol. The molecule has 4 heteroatoms. The van der Waals surface area contributed by atoms with Gasteiger partial charge in [0.15, 0.2) is 6.10 Å². The molecule has 2 N–H and O–H groups in total. The number of carboxylic acids is 1. The van der Waals surface area contributed by atoms with E-state index in [1.54, 1.807) is 14.0 Å². The highest BCUT2D eigenvalue weighted by Gasteiger charge is 2.48. The molecule has 0 aromatic carbocycles. The highest BCUT2D eigenvalue weighted by molar-refractivity contribution is 5.73. The summed E-state index contributed by atoms with van der Waals surface area (Å²) in [4.78, 5) is 10.4. The van der Waals surface area contributed by atoms with Gasteiger partial charge >= 0.3 is 5.97 Å². The summed E-state index contributed by atoms with van der Waals surface area (Å²) in [6, 6.07) is 0. The number of carbonyl (C=O) groups is 1. The standard InChI is InChI=1S/C8H14O4/c1-8(6(9)7(10)11)3-5(4-8)12-2/h5-6,9H,3-4H2,1-2H3,(H,10,11). The first kappa shape index (κ1) is 9.48. The van der Waals surface area contributed by atoms with Crippen LogP contribution in [0.4, 0.5) is 0 Å². The molecule has 0 heterocycles. The Bertz CT molecular complexity index is 183. The first-order valence-electron chi connectivity index (χ1n) is 3.93. The van der Waals surface area contributed by atoms with E-state index in [2.05, 4.69) is 0 Å². The number of rotatable bonds is 3. The van der Waals surface area contributed by atoms with Gasteiger partial charge < -0.3 is 14.9 Å². The lowest BCUT2D eigenvalue weighted by Crippen LogP contribution is -2.50. The van der Waals surface area contributed by atoms with Gasteiger partial charge in [-0.3, -0.25) is 0 Å². The van der Waals surface area contributed by atoms with Crippen molar-refractivity contribution in [2.45, 2.75) is 32.0 Å². The second-order valence-electron chi connectivity index (χ2n) is 3.66.